The SMILES string of the molecule is Cc1nnc2c3ccc(CO)cc3cnn12. The molecule has 5 nitrogen and oxygen atoms in total. The maximum absolute atomic E-state index is 9.06. The number of hydrogen-bond donors (Lipinski definition) is 1. The second-order valence-electron chi connectivity index (χ2n) is 3.71. The smallest absolute Gasteiger partial charge is 0.185 e. The number of fused-ring (bicyclic) bond motifs is 3. The summed E-state index contributed by atoms with van der Waals surface area (Å²) in [5.74, 6) is 0.767. The van der Waals surface area contributed by atoms with Gasteiger partial charge in [-0.1, -0.05) is 12.1 Å². The van der Waals surface area contributed by atoms with Gasteiger partial charge in [-0.25, -0.2) is 0 Å². The lowest BCUT2D eigenvalue weighted by molar-refractivity contribution is 0.282. The minimum absolute atomic E-state index is 0.0346. The molecule has 0 unspecified atom stereocenters. The van der Waals surface area contributed by atoms with Crippen LogP contribution in [0.25, 0.3) is 16.4 Å². The lowest BCUT2D eigenvalue weighted by Gasteiger charge is -2.01. The standard InChI is InChI=1S/C11H10N4O/c1-7-13-14-11-10-3-2-8(6-16)4-9(10)5-12-15(7)11/h2-5,16H,6H2,1H3. The predicted octanol–water partition coefficient (Wildman–Crippen LogP) is 1.08. The van der Waals surface area contributed by atoms with Crippen molar-refractivity contribution in [2.24, 2.45) is 0 Å². The highest BCUT2D eigenvalue weighted by Gasteiger charge is 2.06. The van der Waals surface area contributed by atoms with E-state index in [1.807, 2.05) is 25.1 Å². The van der Waals surface area contributed by atoms with E-state index >= 15 is 0 Å². The van der Waals surface area contributed by atoms with Crippen LogP contribution in [-0.2, 0) is 6.61 Å². The van der Waals surface area contributed by atoms with Gasteiger partial charge in [0.1, 0.15) is 0 Å². The van der Waals surface area contributed by atoms with Gasteiger partial charge in [-0.15, -0.1) is 10.2 Å². The van der Waals surface area contributed by atoms with Crippen molar-refractivity contribution in [1.29, 1.82) is 0 Å². The summed E-state index contributed by atoms with van der Waals surface area (Å²) in [4.78, 5) is 0. The van der Waals surface area contributed by atoms with Crippen molar-refractivity contribution in [2.75, 3.05) is 0 Å². The van der Waals surface area contributed by atoms with Gasteiger partial charge in [-0.05, 0) is 18.6 Å². The molecule has 0 spiro atoms. The maximum atomic E-state index is 9.06. The van der Waals surface area contributed by atoms with Crippen molar-refractivity contribution < 1.29 is 5.11 Å². The second-order valence-corrected chi connectivity index (χ2v) is 3.71. The molecule has 16 heavy (non-hydrogen) atoms. The van der Waals surface area contributed by atoms with Crippen LogP contribution in [-0.4, -0.2) is 24.9 Å². The molecule has 0 aliphatic carbocycles. The van der Waals surface area contributed by atoms with Crippen LogP contribution < -0.4 is 0 Å². The Bertz CT molecular complexity index is 674. The van der Waals surface area contributed by atoms with Crippen molar-refractivity contribution in [3.05, 3.63) is 35.8 Å². The third-order valence-corrected chi connectivity index (χ3v) is 2.65. The normalized spacial score (nSPS) is 11.4. The number of rotatable bonds is 1. The van der Waals surface area contributed by atoms with Crippen LogP contribution in [0.2, 0.25) is 0 Å². The lowest BCUT2D eigenvalue weighted by atomic mass is 10.1. The van der Waals surface area contributed by atoms with Gasteiger partial charge in [0.25, 0.3) is 0 Å². The average Bonchev–Trinajstić information content (AvgIpc) is 2.70. The summed E-state index contributed by atoms with van der Waals surface area (Å²) in [5, 5.41) is 23.4. The molecule has 0 aliphatic heterocycles. The largest absolute Gasteiger partial charge is 0.392 e. The molecule has 80 valence electrons. The molecule has 0 saturated heterocycles. The topological polar surface area (TPSA) is 63.3 Å². The summed E-state index contributed by atoms with van der Waals surface area (Å²) < 4.78 is 1.71. The minimum Gasteiger partial charge on any atom is -0.392 e. The van der Waals surface area contributed by atoms with Crippen molar-refractivity contribution in [3.8, 4) is 0 Å². The van der Waals surface area contributed by atoms with Gasteiger partial charge < -0.3 is 5.11 Å². The summed E-state index contributed by atoms with van der Waals surface area (Å²) in [6.45, 7) is 1.90. The van der Waals surface area contributed by atoms with Gasteiger partial charge in [-0.3, -0.25) is 0 Å². The number of aryl methyl sites for hydroxylation is 1. The first-order chi connectivity index (χ1) is 7.79. The minimum atomic E-state index is 0.0346. The average molecular weight is 214 g/mol. The van der Waals surface area contributed by atoms with Crippen LogP contribution in [0, 0.1) is 6.92 Å². The van der Waals surface area contributed by atoms with Gasteiger partial charge >= 0.3 is 0 Å². The van der Waals surface area contributed by atoms with Crippen molar-refractivity contribution in [2.45, 2.75) is 13.5 Å². The molecule has 1 aromatic carbocycles. The molecule has 0 bridgehead atoms. The zero-order valence-electron chi connectivity index (χ0n) is 8.75. The number of aliphatic hydroxyl groups excluding tert-OH is 1. The van der Waals surface area contributed by atoms with Crippen LogP contribution in [0.1, 0.15) is 11.4 Å². The Hall–Kier alpha value is -2.01. The molecule has 5 heteroatoms. The summed E-state index contributed by atoms with van der Waals surface area (Å²) in [7, 11) is 0. The molecule has 3 rings (SSSR count). The van der Waals surface area contributed by atoms with E-state index in [0.29, 0.717) is 0 Å². The summed E-state index contributed by atoms with van der Waals surface area (Å²) in [5.41, 5.74) is 1.62. The molecule has 3 aromatic rings. The fraction of sp³-hybridized carbons (Fsp3) is 0.182. The van der Waals surface area contributed by atoms with Crippen LogP contribution in [0.3, 0.4) is 0 Å². The van der Waals surface area contributed by atoms with Crippen LogP contribution in [0.15, 0.2) is 24.4 Å². The van der Waals surface area contributed by atoms with Gasteiger partial charge in [-0.2, -0.15) is 9.61 Å². The van der Waals surface area contributed by atoms with Crippen molar-refractivity contribution >= 4 is 16.4 Å². The monoisotopic (exact) mass is 214 g/mol. The Labute approximate surface area is 91.4 Å². The molecule has 0 aliphatic rings. The zero-order chi connectivity index (χ0) is 11.1. The van der Waals surface area contributed by atoms with Gasteiger partial charge in [0, 0.05) is 10.8 Å². The Kier molecular flexibility index (Phi) is 1.87. The van der Waals surface area contributed by atoms with E-state index in [4.69, 9.17) is 5.11 Å². The van der Waals surface area contributed by atoms with Gasteiger partial charge in [0.15, 0.2) is 11.5 Å². The fourth-order valence-corrected chi connectivity index (χ4v) is 1.80. The summed E-state index contributed by atoms with van der Waals surface area (Å²) in [6.07, 6.45) is 1.76. The third-order valence-electron chi connectivity index (χ3n) is 2.65. The molecule has 0 atom stereocenters. The molecule has 0 saturated carbocycles. The number of aliphatic hydroxyl groups is 1. The highest BCUT2D eigenvalue weighted by atomic mass is 16.3. The number of nitrogens with zero attached hydrogens (tertiary/aromatic N) is 4. The maximum Gasteiger partial charge on any atom is 0.185 e. The van der Waals surface area contributed by atoms with Gasteiger partial charge in [0.05, 0.1) is 12.8 Å². The Morgan fingerprint density at radius 2 is 2.19 bits per heavy atom. The summed E-state index contributed by atoms with van der Waals surface area (Å²) in [6, 6.07) is 5.73. The van der Waals surface area contributed by atoms with Crippen molar-refractivity contribution in [1.82, 2.24) is 19.8 Å². The Morgan fingerprint density at radius 3 is 3.00 bits per heavy atom. The second kappa shape index (κ2) is 3.24. The van der Waals surface area contributed by atoms with Crippen LogP contribution >= 0.6 is 0 Å². The first kappa shape index (κ1) is 9.23. The molecule has 2 heterocycles. The molecule has 2 aromatic heterocycles. The molecule has 0 fully saturated rings. The number of aromatic nitrogens is 4. The zero-order valence-corrected chi connectivity index (χ0v) is 8.75. The van der Waals surface area contributed by atoms with E-state index in [1.165, 1.54) is 0 Å². The van der Waals surface area contributed by atoms with E-state index in [9.17, 15) is 0 Å². The Balaban J connectivity index is 2.43. The van der Waals surface area contributed by atoms with Crippen LogP contribution in [0.4, 0.5) is 0 Å². The first-order valence-electron chi connectivity index (χ1n) is 5.00. The summed E-state index contributed by atoms with van der Waals surface area (Å²) >= 11 is 0. The highest BCUT2D eigenvalue weighted by molar-refractivity contribution is 5.93. The van der Waals surface area contributed by atoms with Gasteiger partial charge in [0.2, 0.25) is 0 Å². The molecule has 1 N–H and O–H groups in total. The molecule has 0 amide bonds. The quantitative estimate of drug-likeness (QED) is 0.658. The van der Waals surface area contributed by atoms with E-state index < -0.39 is 0 Å². The predicted molar refractivity (Wildman–Crippen MR) is 58.9 cm³/mol. The molecule has 0 radical (unpaired) electrons. The molecular formula is C11H10N4O. The first-order valence-corrected chi connectivity index (χ1v) is 5.00. The van der Waals surface area contributed by atoms with E-state index in [1.54, 1.807) is 10.7 Å². The van der Waals surface area contributed by atoms with E-state index in [2.05, 4.69) is 15.3 Å². The van der Waals surface area contributed by atoms with Crippen LogP contribution in [0.5, 0.6) is 0 Å². The Morgan fingerprint density at radius 1 is 1.31 bits per heavy atom. The highest BCUT2D eigenvalue weighted by Crippen LogP contribution is 2.19. The lowest BCUT2D eigenvalue weighted by Crippen LogP contribution is -1.95. The number of benzene rings is 1. The third kappa shape index (κ3) is 1.18. The molecular weight excluding hydrogens is 204 g/mol. The number of hydrogen-bond acceptors (Lipinski definition) is 4. The fourth-order valence-electron chi connectivity index (χ4n) is 1.80. The van der Waals surface area contributed by atoms with E-state index in [0.717, 1.165) is 27.8 Å². The van der Waals surface area contributed by atoms with E-state index in [-0.39, 0.29) is 6.61 Å². The van der Waals surface area contributed by atoms with Crippen molar-refractivity contribution in [3.63, 3.8) is 0 Å².